The van der Waals surface area contributed by atoms with Crippen molar-refractivity contribution < 1.29 is 9.32 Å². The fourth-order valence-corrected chi connectivity index (χ4v) is 3.62. The number of halogens is 1. The van der Waals surface area contributed by atoms with Gasteiger partial charge in [0.1, 0.15) is 5.76 Å². The van der Waals surface area contributed by atoms with E-state index in [1.54, 1.807) is 6.07 Å². The summed E-state index contributed by atoms with van der Waals surface area (Å²) in [6, 6.07) is 10.0. The molecule has 0 radical (unpaired) electrons. The maximum atomic E-state index is 12.3. The Morgan fingerprint density at radius 2 is 2.29 bits per heavy atom. The minimum atomic E-state index is 0.0130. The second-order valence-corrected chi connectivity index (χ2v) is 6.58. The molecule has 24 heavy (non-hydrogen) atoms. The van der Waals surface area contributed by atoms with E-state index in [0.717, 1.165) is 30.5 Å². The van der Waals surface area contributed by atoms with Crippen LogP contribution in [0.1, 0.15) is 42.3 Å². The third-order valence-electron chi connectivity index (χ3n) is 4.58. The van der Waals surface area contributed by atoms with Crippen LogP contribution in [0.3, 0.4) is 0 Å². The van der Waals surface area contributed by atoms with Crippen LogP contribution >= 0.6 is 11.6 Å². The number of carbonyl (C=O) groups is 1. The van der Waals surface area contributed by atoms with Gasteiger partial charge in [0.05, 0.1) is 6.04 Å². The maximum absolute atomic E-state index is 12.3. The Kier molecular flexibility index (Phi) is 4.02. The Bertz CT molecular complexity index is 883. The zero-order chi connectivity index (χ0) is 16.5. The van der Waals surface area contributed by atoms with Crippen molar-refractivity contribution >= 4 is 28.4 Å². The molecule has 1 aromatic carbocycles. The molecule has 4 rings (SSSR count). The van der Waals surface area contributed by atoms with Crippen LogP contribution in [0.4, 0.5) is 0 Å². The first-order valence-electron chi connectivity index (χ1n) is 8.20. The van der Waals surface area contributed by atoms with Crippen molar-refractivity contribution in [1.29, 1.82) is 0 Å². The molecule has 1 atom stereocenters. The van der Waals surface area contributed by atoms with Crippen LogP contribution in [0.25, 0.3) is 10.9 Å². The van der Waals surface area contributed by atoms with Gasteiger partial charge >= 0.3 is 0 Å². The molecule has 2 heterocycles. The number of amides is 1. The SMILES string of the molecule is O=C(CCc1cc(Cl)no1)NC1CCCc2c1[nH]c1ccccc21. The Labute approximate surface area is 144 Å². The summed E-state index contributed by atoms with van der Waals surface area (Å²) in [5.41, 5.74) is 3.63. The summed E-state index contributed by atoms with van der Waals surface area (Å²) in [6.07, 6.45) is 3.95. The monoisotopic (exact) mass is 343 g/mol. The van der Waals surface area contributed by atoms with E-state index in [9.17, 15) is 4.79 Å². The van der Waals surface area contributed by atoms with Crippen LogP contribution in [0.5, 0.6) is 0 Å². The molecule has 0 spiro atoms. The predicted octanol–water partition coefficient (Wildman–Crippen LogP) is 3.94. The van der Waals surface area contributed by atoms with Crippen LogP contribution < -0.4 is 5.32 Å². The first-order chi connectivity index (χ1) is 11.7. The van der Waals surface area contributed by atoms with Crippen molar-refractivity contribution in [3.05, 3.63) is 52.5 Å². The molecule has 1 unspecified atom stereocenters. The highest BCUT2D eigenvalue weighted by atomic mass is 35.5. The Morgan fingerprint density at radius 3 is 3.12 bits per heavy atom. The number of aromatic nitrogens is 2. The molecule has 0 bridgehead atoms. The average Bonchev–Trinajstić information content (AvgIpc) is 3.17. The Morgan fingerprint density at radius 1 is 1.42 bits per heavy atom. The quantitative estimate of drug-likeness (QED) is 0.753. The molecule has 0 fully saturated rings. The smallest absolute Gasteiger partial charge is 0.220 e. The van der Waals surface area contributed by atoms with E-state index < -0.39 is 0 Å². The number of nitrogens with zero attached hydrogens (tertiary/aromatic N) is 1. The third-order valence-corrected chi connectivity index (χ3v) is 4.76. The van der Waals surface area contributed by atoms with Gasteiger partial charge < -0.3 is 14.8 Å². The van der Waals surface area contributed by atoms with E-state index in [0.29, 0.717) is 23.8 Å². The Hall–Kier alpha value is -2.27. The van der Waals surface area contributed by atoms with Crippen molar-refractivity contribution in [1.82, 2.24) is 15.5 Å². The highest BCUT2D eigenvalue weighted by Crippen LogP contribution is 2.34. The fraction of sp³-hybridized carbons (Fsp3) is 0.333. The van der Waals surface area contributed by atoms with Gasteiger partial charge in [0.25, 0.3) is 0 Å². The highest BCUT2D eigenvalue weighted by molar-refractivity contribution is 6.29. The maximum Gasteiger partial charge on any atom is 0.220 e. The predicted molar refractivity (Wildman–Crippen MR) is 92.0 cm³/mol. The lowest BCUT2D eigenvalue weighted by Crippen LogP contribution is -2.31. The zero-order valence-electron chi connectivity index (χ0n) is 13.1. The second kappa shape index (κ2) is 6.32. The van der Waals surface area contributed by atoms with Crippen molar-refractivity contribution in [3.63, 3.8) is 0 Å². The second-order valence-electron chi connectivity index (χ2n) is 6.19. The number of hydrogen-bond donors (Lipinski definition) is 2. The number of nitrogens with one attached hydrogen (secondary N) is 2. The van der Waals surface area contributed by atoms with Crippen LogP contribution in [-0.4, -0.2) is 16.0 Å². The van der Waals surface area contributed by atoms with E-state index in [4.69, 9.17) is 16.1 Å². The molecule has 1 aliphatic rings. The highest BCUT2D eigenvalue weighted by Gasteiger charge is 2.25. The fourth-order valence-electron chi connectivity index (χ4n) is 3.47. The summed E-state index contributed by atoms with van der Waals surface area (Å²) in [5.74, 6) is 0.643. The van der Waals surface area contributed by atoms with Gasteiger partial charge in [-0.2, -0.15) is 0 Å². The summed E-state index contributed by atoms with van der Waals surface area (Å²) < 4.78 is 5.03. The van der Waals surface area contributed by atoms with Crippen LogP contribution in [0.2, 0.25) is 5.15 Å². The van der Waals surface area contributed by atoms with Gasteiger partial charge in [0.2, 0.25) is 5.91 Å². The van der Waals surface area contributed by atoms with E-state index in [-0.39, 0.29) is 11.9 Å². The van der Waals surface area contributed by atoms with Crippen LogP contribution in [0, 0.1) is 0 Å². The van der Waals surface area contributed by atoms with Gasteiger partial charge in [0, 0.05) is 35.5 Å². The van der Waals surface area contributed by atoms with Crippen molar-refractivity contribution in [2.45, 2.75) is 38.1 Å². The lowest BCUT2D eigenvalue weighted by Gasteiger charge is -2.23. The molecule has 3 aromatic rings. The van der Waals surface area contributed by atoms with Gasteiger partial charge in [-0.25, -0.2) is 0 Å². The normalized spacial score (nSPS) is 17.0. The molecule has 1 amide bonds. The lowest BCUT2D eigenvalue weighted by atomic mass is 9.91. The molecule has 1 aliphatic carbocycles. The van der Waals surface area contributed by atoms with Crippen LogP contribution in [-0.2, 0) is 17.6 Å². The molecule has 124 valence electrons. The largest absolute Gasteiger partial charge is 0.360 e. The molecule has 0 aliphatic heterocycles. The molecule has 0 saturated carbocycles. The first-order valence-corrected chi connectivity index (χ1v) is 8.58. The summed E-state index contributed by atoms with van der Waals surface area (Å²) in [7, 11) is 0. The molecule has 2 aromatic heterocycles. The van der Waals surface area contributed by atoms with E-state index in [1.807, 2.05) is 6.07 Å². The number of carbonyl (C=O) groups excluding carboxylic acids is 1. The number of fused-ring (bicyclic) bond motifs is 3. The van der Waals surface area contributed by atoms with Crippen LogP contribution in [0.15, 0.2) is 34.9 Å². The minimum absolute atomic E-state index is 0.0130. The number of aryl methyl sites for hydroxylation is 2. The third kappa shape index (κ3) is 2.91. The number of benzene rings is 1. The molecule has 2 N–H and O–H groups in total. The topological polar surface area (TPSA) is 70.9 Å². The van der Waals surface area contributed by atoms with E-state index >= 15 is 0 Å². The minimum Gasteiger partial charge on any atom is -0.360 e. The molecule has 0 saturated heterocycles. The Balaban J connectivity index is 1.47. The summed E-state index contributed by atoms with van der Waals surface area (Å²) in [6.45, 7) is 0. The summed E-state index contributed by atoms with van der Waals surface area (Å²) in [5, 5.41) is 8.35. The van der Waals surface area contributed by atoms with Crippen molar-refractivity contribution in [2.24, 2.45) is 0 Å². The van der Waals surface area contributed by atoms with Gasteiger partial charge in [-0.15, -0.1) is 0 Å². The molecular formula is C18H18ClN3O2. The number of aromatic amines is 1. The van der Waals surface area contributed by atoms with E-state index in [2.05, 4.69) is 33.7 Å². The number of rotatable bonds is 4. The molecule has 6 heteroatoms. The van der Waals surface area contributed by atoms with Gasteiger partial charge in [-0.1, -0.05) is 35.0 Å². The number of H-pyrrole nitrogens is 1. The first kappa shape index (κ1) is 15.3. The molecule has 5 nitrogen and oxygen atoms in total. The number of hydrogen-bond acceptors (Lipinski definition) is 3. The standard InChI is InChI=1S/C18H18ClN3O2/c19-16-10-11(24-22-16)8-9-17(23)20-15-7-3-5-13-12-4-1-2-6-14(12)21-18(13)15/h1-2,4,6,10,15,21H,3,5,7-9H2,(H,20,23). The zero-order valence-corrected chi connectivity index (χ0v) is 13.9. The lowest BCUT2D eigenvalue weighted by molar-refractivity contribution is -0.122. The summed E-state index contributed by atoms with van der Waals surface area (Å²) >= 11 is 5.72. The summed E-state index contributed by atoms with van der Waals surface area (Å²) in [4.78, 5) is 15.8. The van der Waals surface area contributed by atoms with Crippen molar-refractivity contribution in [2.75, 3.05) is 0 Å². The van der Waals surface area contributed by atoms with Crippen molar-refractivity contribution in [3.8, 4) is 0 Å². The van der Waals surface area contributed by atoms with Gasteiger partial charge in [-0.05, 0) is 30.9 Å². The van der Waals surface area contributed by atoms with Gasteiger partial charge in [-0.3, -0.25) is 4.79 Å². The number of para-hydroxylation sites is 1. The average molecular weight is 344 g/mol. The van der Waals surface area contributed by atoms with E-state index in [1.165, 1.54) is 10.9 Å². The molecular weight excluding hydrogens is 326 g/mol. The van der Waals surface area contributed by atoms with Gasteiger partial charge in [0.15, 0.2) is 5.15 Å².